The van der Waals surface area contributed by atoms with Gasteiger partial charge >= 0.3 is 0 Å². The molecule has 0 saturated heterocycles. The molecule has 3 N–H and O–H groups in total. The molecule has 0 bridgehead atoms. The van der Waals surface area contributed by atoms with E-state index in [1.54, 1.807) is 16.8 Å². The third kappa shape index (κ3) is 0.952. The second-order valence-corrected chi connectivity index (χ2v) is 2.44. The van der Waals surface area contributed by atoms with E-state index in [-0.39, 0.29) is 0 Å². The Hall–Kier alpha value is -1.78. The van der Waals surface area contributed by atoms with Crippen LogP contribution in [-0.2, 0) is 0 Å². The zero-order valence-corrected chi connectivity index (χ0v) is 6.65. The van der Waals surface area contributed by atoms with E-state index < -0.39 is 0 Å². The Morgan fingerprint density at radius 1 is 1.50 bits per heavy atom. The minimum absolute atomic E-state index is 0.488. The molecule has 0 aliphatic carbocycles. The minimum Gasteiger partial charge on any atom is -0.382 e. The average molecular weight is 163 g/mol. The van der Waals surface area contributed by atoms with Gasteiger partial charge in [0.15, 0.2) is 5.65 Å². The molecular formula is C7H9N5. The Balaban J connectivity index is 2.67. The van der Waals surface area contributed by atoms with Crippen LogP contribution in [0.2, 0.25) is 0 Å². The van der Waals surface area contributed by atoms with Crippen LogP contribution in [0, 0.1) is 0 Å². The first-order valence-corrected chi connectivity index (χ1v) is 3.59. The normalized spacial score (nSPS) is 10.4. The van der Waals surface area contributed by atoms with Crippen molar-refractivity contribution < 1.29 is 0 Å². The number of anilines is 2. The molecule has 2 heterocycles. The predicted octanol–water partition coefficient (Wildman–Crippen LogP) is 0.353. The molecule has 2 aromatic rings. The van der Waals surface area contributed by atoms with Crippen molar-refractivity contribution >= 4 is 17.3 Å². The third-order valence-corrected chi connectivity index (χ3v) is 1.60. The summed E-state index contributed by atoms with van der Waals surface area (Å²) in [5.41, 5.74) is 6.28. The lowest BCUT2D eigenvalue weighted by molar-refractivity contribution is 0.946. The molecule has 0 radical (unpaired) electrons. The third-order valence-electron chi connectivity index (χ3n) is 1.60. The fourth-order valence-electron chi connectivity index (χ4n) is 1.02. The van der Waals surface area contributed by atoms with Gasteiger partial charge in [0.1, 0.15) is 11.6 Å². The van der Waals surface area contributed by atoms with Crippen molar-refractivity contribution in [1.29, 1.82) is 0 Å². The van der Waals surface area contributed by atoms with E-state index >= 15 is 0 Å². The topological polar surface area (TPSA) is 68.2 Å². The second kappa shape index (κ2) is 2.37. The monoisotopic (exact) mass is 163 g/mol. The van der Waals surface area contributed by atoms with E-state index in [4.69, 9.17) is 5.73 Å². The summed E-state index contributed by atoms with van der Waals surface area (Å²) in [6.45, 7) is 0. The zero-order chi connectivity index (χ0) is 8.55. The van der Waals surface area contributed by atoms with Crippen molar-refractivity contribution in [1.82, 2.24) is 14.6 Å². The molecule has 62 valence electrons. The number of hydrogen-bond acceptors (Lipinski definition) is 4. The van der Waals surface area contributed by atoms with Crippen molar-refractivity contribution in [2.75, 3.05) is 18.1 Å². The number of rotatable bonds is 1. The maximum atomic E-state index is 5.49. The molecule has 0 amide bonds. The van der Waals surface area contributed by atoms with Gasteiger partial charge in [-0.15, -0.1) is 5.10 Å². The van der Waals surface area contributed by atoms with Crippen molar-refractivity contribution in [2.24, 2.45) is 0 Å². The first-order valence-electron chi connectivity index (χ1n) is 3.59. The molecule has 2 aromatic heterocycles. The van der Waals surface area contributed by atoms with Crippen molar-refractivity contribution in [3.8, 4) is 0 Å². The molecule has 0 spiro atoms. The van der Waals surface area contributed by atoms with Gasteiger partial charge in [-0.3, -0.25) is 0 Å². The van der Waals surface area contributed by atoms with Crippen LogP contribution in [-0.4, -0.2) is 21.6 Å². The molecule has 0 aliphatic rings. The lowest BCUT2D eigenvalue weighted by Crippen LogP contribution is -1.95. The number of aromatic nitrogens is 3. The van der Waals surface area contributed by atoms with Gasteiger partial charge in [-0.1, -0.05) is 0 Å². The number of nitrogen functional groups attached to an aromatic ring is 1. The molecule has 0 fully saturated rings. The molecular weight excluding hydrogens is 154 g/mol. The van der Waals surface area contributed by atoms with E-state index in [9.17, 15) is 0 Å². The van der Waals surface area contributed by atoms with E-state index in [2.05, 4.69) is 15.4 Å². The van der Waals surface area contributed by atoms with E-state index in [1.165, 1.54) is 0 Å². The van der Waals surface area contributed by atoms with Gasteiger partial charge in [0.25, 0.3) is 0 Å². The lowest BCUT2D eigenvalue weighted by atomic mass is 10.5. The summed E-state index contributed by atoms with van der Waals surface area (Å²) >= 11 is 0. The molecule has 5 nitrogen and oxygen atoms in total. The van der Waals surface area contributed by atoms with E-state index in [0.717, 1.165) is 11.5 Å². The summed E-state index contributed by atoms with van der Waals surface area (Å²) in [5, 5.41) is 6.96. The van der Waals surface area contributed by atoms with Gasteiger partial charge in [-0.25, -0.2) is 9.50 Å². The van der Waals surface area contributed by atoms with Gasteiger partial charge in [-0.05, 0) is 12.1 Å². The SMILES string of the molecule is CNc1cn2nc(N)ccc2n1. The van der Waals surface area contributed by atoms with Gasteiger partial charge < -0.3 is 11.1 Å². The van der Waals surface area contributed by atoms with Gasteiger partial charge in [0.05, 0.1) is 6.20 Å². The molecule has 0 atom stereocenters. The maximum absolute atomic E-state index is 5.49. The molecule has 2 rings (SSSR count). The summed E-state index contributed by atoms with van der Waals surface area (Å²) in [6, 6.07) is 3.55. The Bertz CT molecular complexity index is 405. The van der Waals surface area contributed by atoms with Crippen LogP contribution in [0.15, 0.2) is 18.3 Å². The molecule has 12 heavy (non-hydrogen) atoms. The smallest absolute Gasteiger partial charge is 0.156 e. The highest BCUT2D eigenvalue weighted by molar-refractivity contribution is 5.49. The van der Waals surface area contributed by atoms with E-state index in [0.29, 0.717) is 5.82 Å². The van der Waals surface area contributed by atoms with Crippen molar-refractivity contribution in [2.45, 2.75) is 0 Å². The highest BCUT2D eigenvalue weighted by atomic mass is 15.3. The fourth-order valence-corrected chi connectivity index (χ4v) is 1.02. The minimum atomic E-state index is 0.488. The van der Waals surface area contributed by atoms with Crippen molar-refractivity contribution in [3.63, 3.8) is 0 Å². The highest BCUT2D eigenvalue weighted by Gasteiger charge is 1.99. The van der Waals surface area contributed by atoms with Crippen LogP contribution in [0.3, 0.4) is 0 Å². The summed E-state index contributed by atoms with van der Waals surface area (Å²) in [6.07, 6.45) is 1.78. The van der Waals surface area contributed by atoms with Crippen LogP contribution in [0.5, 0.6) is 0 Å². The standard InChI is InChI=1S/C7H9N5/c1-9-6-4-12-7(10-6)3-2-5(8)11-12/h2-4,9H,1H3,(H2,8,11). The number of hydrogen-bond donors (Lipinski definition) is 2. The fraction of sp³-hybridized carbons (Fsp3) is 0.143. The quantitative estimate of drug-likeness (QED) is 0.636. The summed E-state index contributed by atoms with van der Waals surface area (Å²) in [5.74, 6) is 1.27. The number of nitrogens with two attached hydrogens (primary N) is 1. The molecule has 0 saturated carbocycles. The van der Waals surface area contributed by atoms with Crippen LogP contribution in [0.1, 0.15) is 0 Å². The number of nitrogens with one attached hydrogen (secondary N) is 1. The second-order valence-electron chi connectivity index (χ2n) is 2.44. The van der Waals surface area contributed by atoms with Gasteiger partial charge in [0, 0.05) is 7.05 Å². The number of nitrogens with zero attached hydrogens (tertiary/aromatic N) is 3. The van der Waals surface area contributed by atoms with Crippen LogP contribution in [0.4, 0.5) is 11.6 Å². The molecule has 0 unspecified atom stereocenters. The van der Waals surface area contributed by atoms with Crippen molar-refractivity contribution in [3.05, 3.63) is 18.3 Å². The Labute approximate surface area is 69.2 Å². The maximum Gasteiger partial charge on any atom is 0.156 e. The lowest BCUT2D eigenvalue weighted by Gasteiger charge is -1.91. The average Bonchev–Trinajstić information content (AvgIpc) is 2.46. The Morgan fingerprint density at radius 3 is 3.08 bits per heavy atom. The molecule has 0 aliphatic heterocycles. The highest BCUT2D eigenvalue weighted by Crippen LogP contribution is 2.08. The Kier molecular flexibility index (Phi) is 1.36. The predicted molar refractivity (Wildman–Crippen MR) is 46.9 cm³/mol. The van der Waals surface area contributed by atoms with Crippen LogP contribution < -0.4 is 11.1 Å². The largest absolute Gasteiger partial charge is 0.382 e. The summed E-state index contributed by atoms with van der Waals surface area (Å²) < 4.78 is 1.64. The van der Waals surface area contributed by atoms with Gasteiger partial charge in [-0.2, -0.15) is 0 Å². The zero-order valence-electron chi connectivity index (χ0n) is 6.65. The molecule has 5 heteroatoms. The van der Waals surface area contributed by atoms with Crippen LogP contribution in [0.25, 0.3) is 5.65 Å². The summed E-state index contributed by atoms with van der Waals surface area (Å²) in [7, 11) is 1.81. The van der Waals surface area contributed by atoms with Crippen LogP contribution >= 0.6 is 0 Å². The number of imidazole rings is 1. The number of fused-ring (bicyclic) bond motifs is 1. The first kappa shape index (κ1) is 6.90. The van der Waals surface area contributed by atoms with E-state index in [1.807, 2.05) is 13.1 Å². The first-order chi connectivity index (χ1) is 5.79. The Morgan fingerprint density at radius 2 is 2.33 bits per heavy atom. The van der Waals surface area contributed by atoms with Gasteiger partial charge in [0.2, 0.25) is 0 Å². The summed E-state index contributed by atoms with van der Waals surface area (Å²) in [4.78, 5) is 4.21. The molecule has 0 aromatic carbocycles.